The number of hydrogen-bond donors (Lipinski definition) is 1. The standard InChI is InChI=1S/C12H19N3O3/c1-5-18-12(2,3)8-14-10-7-13-6-9(15-10)11(16)17-4/h6-7H,5,8H2,1-4H3,(H,14,15). The van der Waals surface area contributed by atoms with E-state index >= 15 is 0 Å². The number of esters is 1. The summed E-state index contributed by atoms with van der Waals surface area (Å²) in [6, 6.07) is 0. The summed E-state index contributed by atoms with van der Waals surface area (Å²) in [6.45, 7) is 7.10. The molecule has 6 heteroatoms. The monoisotopic (exact) mass is 253 g/mol. The number of aromatic nitrogens is 2. The average molecular weight is 253 g/mol. The first-order valence-corrected chi connectivity index (χ1v) is 5.76. The van der Waals surface area contributed by atoms with Gasteiger partial charge in [-0.25, -0.2) is 9.78 Å². The lowest BCUT2D eigenvalue weighted by atomic mass is 10.1. The molecule has 1 heterocycles. The first kappa shape index (κ1) is 14.4. The summed E-state index contributed by atoms with van der Waals surface area (Å²) >= 11 is 0. The highest BCUT2D eigenvalue weighted by Crippen LogP contribution is 2.11. The maximum atomic E-state index is 11.3. The van der Waals surface area contributed by atoms with E-state index in [4.69, 9.17) is 4.74 Å². The molecule has 1 aromatic heterocycles. The molecule has 6 nitrogen and oxygen atoms in total. The predicted molar refractivity (Wildman–Crippen MR) is 67.6 cm³/mol. The van der Waals surface area contributed by atoms with E-state index in [1.165, 1.54) is 13.3 Å². The van der Waals surface area contributed by atoms with E-state index in [0.29, 0.717) is 19.0 Å². The van der Waals surface area contributed by atoms with Crippen LogP contribution in [0.25, 0.3) is 0 Å². The molecule has 0 aliphatic carbocycles. The number of ether oxygens (including phenoxy) is 2. The Morgan fingerprint density at radius 2 is 2.17 bits per heavy atom. The molecule has 0 aromatic carbocycles. The van der Waals surface area contributed by atoms with Crippen LogP contribution in [-0.2, 0) is 9.47 Å². The molecule has 0 amide bonds. The largest absolute Gasteiger partial charge is 0.464 e. The fourth-order valence-electron chi connectivity index (χ4n) is 1.40. The van der Waals surface area contributed by atoms with Crippen LogP contribution in [0.1, 0.15) is 31.3 Å². The molecule has 0 unspecified atom stereocenters. The summed E-state index contributed by atoms with van der Waals surface area (Å²) in [6.07, 6.45) is 2.92. The second kappa shape index (κ2) is 6.30. The summed E-state index contributed by atoms with van der Waals surface area (Å²) in [5.41, 5.74) is -0.130. The van der Waals surface area contributed by atoms with Gasteiger partial charge < -0.3 is 14.8 Å². The maximum Gasteiger partial charge on any atom is 0.358 e. The number of nitrogens with one attached hydrogen (secondary N) is 1. The van der Waals surface area contributed by atoms with Crippen molar-refractivity contribution in [2.45, 2.75) is 26.4 Å². The lowest BCUT2D eigenvalue weighted by Crippen LogP contribution is -2.33. The minimum atomic E-state index is -0.504. The van der Waals surface area contributed by atoms with Crippen LogP contribution in [-0.4, -0.2) is 41.8 Å². The van der Waals surface area contributed by atoms with Crippen molar-refractivity contribution in [1.82, 2.24) is 9.97 Å². The molecular formula is C12H19N3O3. The van der Waals surface area contributed by atoms with Gasteiger partial charge in [-0.3, -0.25) is 4.98 Å². The number of rotatable bonds is 6. The number of carbonyl (C=O) groups excluding carboxylic acids is 1. The lowest BCUT2D eigenvalue weighted by molar-refractivity contribution is 0.000638. The predicted octanol–water partition coefficient (Wildman–Crippen LogP) is 1.49. The van der Waals surface area contributed by atoms with E-state index in [1.807, 2.05) is 20.8 Å². The molecule has 18 heavy (non-hydrogen) atoms. The second-order valence-electron chi connectivity index (χ2n) is 4.33. The molecule has 0 spiro atoms. The van der Waals surface area contributed by atoms with Crippen LogP contribution in [0.15, 0.2) is 12.4 Å². The third kappa shape index (κ3) is 4.29. The van der Waals surface area contributed by atoms with Crippen molar-refractivity contribution in [2.24, 2.45) is 0 Å². The molecule has 0 bridgehead atoms. The SMILES string of the molecule is CCOC(C)(C)CNc1cncc(C(=O)OC)n1. The number of methoxy groups -OCH3 is 1. The fraction of sp³-hybridized carbons (Fsp3) is 0.583. The first-order chi connectivity index (χ1) is 8.48. The maximum absolute atomic E-state index is 11.3. The van der Waals surface area contributed by atoms with Crippen LogP contribution in [0.4, 0.5) is 5.82 Å². The molecule has 100 valence electrons. The topological polar surface area (TPSA) is 73.3 Å². The van der Waals surface area contributed by atoms with Crippen LogP contribution in [0, 0.1) is 0 Å². The zero-order valence-corrected chi connectivity index (χ0v) is 11.2. The molecule has 1 aromatic rings. The van der Waals surface area contributed by atoms with Crippen LogP contribution in [0.2, 0.25) is 0 Å². The molecule has 0 saturated carbocycles. The zero-order valence-electron chi connectivity index (χ0n) is 11.2. The third-order valence-corrected chi connectivity index (χ3v) is 2.26. The third-order valence-electron chi connectivity index (χ3n) is 2.26. The Kier molecular flexibility index (Phi) is 5.03. The first-order valence-electron chi connectivity index (χ1n) is 5.76. The van der Waals surface area contributed by atoms with E-state index in [2.05, 4.69) is 20.0 Å². The van der Waals surface area contributed by atoms with E-state index in [9.17, 15) is 4.79 Å². The Morgan fingerprint density at radius 1 is 1.44 bits per heavy atom. The van der Waals surface area contributed by atoms with Crippen molar-refractivity contribution in [2.75, 3.05) is 25.6 Å². The molecule has 1 N–H and O–H groups in total. The molecule has 0 atom stereocenters. The summed E-state index contributed by atoms with van der Waals surface area (Å²) in [7, 11) is 1.31. The summed E-state index contributed by atoms with van der Waals surface area (Å²) < 4.78 is 10.1. The quantitative estimate of drug-likeness (QED) is 0.774. The van der Waals surface area contributed by atoms with Crippen LogP contribution < -0.4 is 5.32 Å². The number of anilines is 1. The molecule has 0 radical (unpaired) electrons. The highest BCUT2D eigenvalue weighted by atomic mass is 16.5. The van der Waals surface area contributed by atoms with Crippen LogP contribution >= 0.6 is 0 Å². The van der Waals surface area contributed by atoms with Gasteiger partial charge in [0.2, 0.25) is 0 Å². The highest BCUT2D eigenvalue weighted by Gasteiger charge is 2.17. The smallest absolute Gasteiger partial charge is 0.358 e. The number of carbonyl (C=O) groups is 1. The van der Waals surface area contributed by atoms with Crippen molar-refractivity contribution in [3.05, 3.63) is 18.1 Å². The second-order valence-corrected chi connectivity index (χ2v) is 4.33. The van der Waals surface area contributed by atoms with Gasteiger partial charge in [0, 0.05) is 13.2 Å². The highest BCUT2D eigenvalue weighted by molar-refractivity contribution is 5.87. The van der Waals surface area contributed by atoms with Crippen LogP contribution in [0.5, 0.6) is 0 Å². The van der Waals surface area contributed by atoms with Gasteiger partial charge in [-0.2, -0.15) is 0 Å². The summed E-state index contributed by atoms with van der Waals surface area (Å²) in [5.74, 6) is 0.0147. The van der Waals surface area contributed by atoms with Crippen LogP contribution in [0.3, 0.4) is 0 Å². The van der Waals surface area contributed by atoms with Gasteiger partial charge >= 0.3 is 5.97 Å². The fourth-order valence-corrected chi connectivity index (χ4v) is 1.40. The Morgan fingerprint density at radius 3 is 2.78 bits per heavy atom. The summed E-state index contributed by atoms with van der Waals surface area (Å²) in [4.78, 5) is 19.3. The van der Waals surface area contributed by atoms with Crippen molar-refractivity contribution >= 4 is 11.8 Å². The minimum absolute atomic E-state index is 0.178. The van der Waals surface area contributed by atoms with Gasteiger partial charge in [-0.05, 0) is 20.8 Å². The Bertz CT molecular complexity index is 407. The normalized spacial score (nSPS) is 11.1. The van der Waals surface area contributed by atoms with E-state index in [0.717, 1.165) is 0 Å². The molecule has 0 fully saturated rings. The minimum Gasteiger partial charge on any atom is -0.464 e. The van der Waals surface area contributed by atoms with E-state index in [1.54, 1.807) is 6.20 Å². The zero-order chi connectivity index (χ0) is 13.6. The van der Waals surface area contributed by atoms with Gasteiger partial charge in [-0.1, -0.05) is 0 Å². The molecule has 0 saturated heterocycles. The number of nitrogens with zero attached hydrogens (tertiary/aromatic N) is 2. The van der Waals surface area contributed by atoms with Gasteiger partial charge in [0.25, 0.3) is 0 Å². The Balaban J connectivity index is 2.65. The number of hydrogen-bond acceptors (Lipinski definition) is 6. The van der Waals surface area contributed by atoms with E-state index in [-0.39, 0.29) is 11.3 Å². The molecule has 0 aliphatic heterocycles. The Labute approximate surface area is 107 Å². The van der Waals surface area contributed by atoms with Crippen molar-refractivity contribution in [1.29, 1.82) is 0 Å². The molecule has 0 aliphatic rings. The summed E-state index contributed by atoms with van der Waals surface area (Å²) in [5, 5.41) is 3.08. The average Bonchev–Trinajstić information content (AvgIpc) is 2.36. The van der Waals surface area contributed by atoms with Crippen molar-refractivity contribution in [3.63, 3.8) is 0 Å². The van der Waals surface area contributed by atoms with Crippen molar-refractivity contribution in [3.8, 4) is 0 Å². The van der Waals surface area contributed by atoms with Crippen molar-refractivity contribution < 1.29 is 14.3 Å². The van der Waals surface area contributed by atoms with Gasteiger partial charge in [0.05, 0.1) is 25.1 Å². The van der Waals surface area contributed by atoms with E-state index < -0.39 is 5.97 Å². The van der Waals surface area contributed by atoms with Gasteiger partial charge in [-0.15, -0.1) is 0 Å². The van der Waals surface area contributed by atoms with Gasteiger partial charge in [0.15, 0.2) is 5.69 Å². The lowest BCUT2D eigenvalue weighted by Gasteiger charge is -2.25. The molecular weight excluding hydrogens is 234 g/mol. The van der Waals surface area contributed by atoms with Gasteiger partial charge in [0.1, 0.15) is 5.82 Å². The Hall–Kier alpha value is -1.69. The molecule has 1 rings (SSSR count).